The van der Waals surface area contributed by atoms with Crippen molar-refractivity contribution in [2.75, 3.05) is 13.2 Å². The standard InChI is InChI=1S/C26H26N4O4/c1-4-30-20-9-6-14(34-13-21(31)33-5-2)10-16(20)23-17-11-27-26(32)24(17)22-15(25(23)30)7-8-19-18(22)12-29(3)28-19/h6,9-10,12H,4-5,7-8,11,13H2,1-3H3,(H,27,32). The van der Waals surface area contributed by atoms with Crippen molar-refractivity contribution < 1.29 is 19.1 Å². The van der Waals surface area contributed by atoms with Gasteiger partial charge in [0.25, 0.3) is 5.91 Å². The third-order valence-corrected chi connectivity index (χ3v) is 6.89. The van der Waals surface area contributed by atoms with Gasteiger partial charge in [-0.1, -0.05) is 0 Å². The van der Waals surface area contributed by atoms with Crippen LogP contribution in [0.1, 0.15) is 41.0 Å². The maximum absolute atomic E-state index is 13.1. The molecule has 1 aliphatic heterocycles. The first kappa shape index (κ1) is 20.8. The number of carbonyl (C=O) groups excluding carboxylic acids is 2. The van der Waals surface area contributed by atoms with Crippen LogP contribution in [0.15, 0.2) is 24.4 Å². The van der Waals surface area contributed by atoms with Crippen LogP contribution in [0.3, 0.4) is 0 Å². The van der Waals surface area contributed by atoms with Crippen LogP contribution in [0, 0.1) is 0 Å². The summed E-state index contributed by atoms with van der Waals surface area (Å²) in [5, 5.41) is 9.84. The van der Waals surface area contributed by atoms with Gasteiger partial charge in [-0.15, -0.1) is 0 Å². The first-order valence-electron chi connectivity index (χ1n) is 11.7. The van der Waals surface area contributed by atoms with Gasteiger partial charge in [0.05, 0.1) is 23.4 Å². The van der Waals surface area contributed by atoms with Gasteiger partial charge in [0.2, 0.25) is 0 Å². The van der Waals surface area contributed by atoms with Gasteiger partial charge in [-0.3, -0.25) is 9.48 Å². The number of carbonyl (C=O) groups is 2. The lowest BCUT2D eigenvalue weighted by molar-refractivity contribution is -0.145. The quantitative estimate of drug-likeness (QED) is 0.463. The highest BCUT2D eigenvalue weighted by Crippen LogP contribution is 2.47. The van der Waals surface area contributed by atoms with Crippen LogP contribution < -0.4 is 10.1 Å². The predicted molar refractivity (Wildman–Crippen MR) is 128 cm³/mol. The Morgan fingerprint density at radius 1 is 1.18 bits per heavy atom. The van der Waals surface area contributed by atoms with Crippen LogP contribution in [0.2, 0.25) is 0 Å². The molecule has 0 radical (unpaired) electrons. The average Bonchev–Trinajstić information content (AvgIpc) is 3.49. The van der Waals surface area contributed by atoms with Crippen LogP contribution in [0.5, 0.6) is 5.75 Å². The van der Waals surface area contributed by atoms with Crippen molar-refractivity contribution in [2.45, 2.75) is 39.8 Å². The summed E-state index contributed by atoms with van der Waals surface area (Å²) in [6.07, 6.45) is 3.71. The van der Waals surface area contributed by atoms with Crippen LogP contribution in [-0.2, 0) is 42.5 Å². The third kappa shape index (κ3) is 2.87. The number of nitrogens with zero attached hydrogens (tertiary/aromatic N) is 3. The van der Waals surface area contributed by atoms with Gasteiger partial charge < -0.3 is 19.4 Å². The second kappa shape index (κ2) is 7.62. The van der Waals surface area contributed by atoms with Crippen molar-refractivity contribution in [1.29, 1.82) is 0 Å². The van der Waals surface area contributed by atoms with E-state index in [0.717, 1.165) is 63.6 Å². The molecule has 1 amide bonds. The Kier molecular flexibility index (Phi) is 4.65. The van der Waals surface area contributed by atoms with Gasteiger partial charge in [0.15, 0.2) is 6.61 Å². The lowest BCUT2D eigenvalue weighted by atomic mass is 9.82. The zero-order valence-electron chi connectivity index (χ0n) is 19.5. The Balaban J connectivity index is 1.63. The highest BCUT2D eigenvalue weighted by molar-refractivity contribution is 6.19. The molecule has 4 aromatic rings. The molecular formula is C26H26N4O4. The van der Waals surface area contributed by atoms with Crippen molar-refractivity contribution >= 4 is 33.7 Å². The summed E-state index contributed by atoms with van der Waals surface area (Å²) < 4.78 is 14.9. The minimum Gasteiger partial charge on any atom is -0.482 e. The molecule has 2 aliphatic rings. The molecule has 6 rings (SSSR count). The number of ether oxygens (including phenoxy) is 2. The molecule has 0 unspecified atom stereocenters. The molecule has 1 aliphatic carbocycles. The van der Waals surface area contributed by atoms with E-state index in [-0.39, 0.29) is 12.5 Å². The lowest BCUT2D eigenvalue weighted by Gasteiger charge is -2.21. The number of hydrogen-bond acceptors (Lipinski definition) is 5. The maximum Gasteiger partial charge on any atom is 0.344 e. The third-order valence-electron chi connectivity index (χ3n) is 6.89. The predicted octanol–water partition coefficient (Wildman–Crippen LogP) is 3.50. The summed E-state index contributed by atoms with van der Waals surface area (Å²) in [6.45, 7) is 5.39. The first-order chi connectivity index (χ1) is 16.5. The van der Waals surface area contributed by atoms with E-state index in [4.69, 9.17) is 9.47 Å². The van der Waals surface area contributed by atoms with Crippen molar-refractivity contribution in [3.8, 4) is 16.9 Å². The van der Waals surface area contributed by atoms with Crippen LogP contribution >= 0.6 is 0 Å². The number of esters is 1. The summed E-state index contributed by atoms with van der Waals surface area (Å²) in [4.78, 5) is 24.9. The summed E-state index contributed by atoms with van der Waals surface area (Å²) in [6, 6.07) is 5.92. The fourth-order valence-electron chi connectivity index (χ4n) is 5.66. The normalized spacial score (nSPS) is 14.1. The second-order valence-corrected chi connectivity index (χ2v) is 8.79. The molecule has 34 heavy (non-hydrogen) atoms. The smallest absolute Gasteiger partial charge is 0.344 e. The first-order valence-corrected chi connectivity index (χ1v) is 11.7. The van der Waals surface area contributed by atoms with Gasteiger partial charge in [-0.05, 0) is 56.0 Å². The molecule has 8 nitrogen and oxygen atoms in total. The van der Waals surface area contributed by atoms with Crippen molar-refractivity contribution in [2.24, 2.45) is 7.05 Å². The summed E-state index contributed by atoms with van der Waals surface area (Å²) >= 11 is 0. The number of fused-ring (bicyclic) bond motifs is 10. The number of aromatic nitrogens is 3. The number of aryl methyl sites for hydroxylation is 4. The number of rotatable bonds is 5. The van der Waals surface area contributed by atoms with Gasteiger partial charge in [0, 0.05) is 53.8 Å². The van der Waals surface area contributed by atoms with Crippen LogP contribution in [0.25, 0.3) is 32.9 Å². The Hall–Kier alpha value is -3.81. The van der Waals surface area contributed by atoms with Crippen LogP contribution in [-0.4, -0.2) is 39.4 Å². The Morgan fingerprint density at radius 2 is 2.03 bits per heavy atom. The molecule has 0 bridgehead atoms. The zero-order valence-corrected chi connectivity index (χ0v) is 19.5. The van der Waals surface area contributed by atoms with Gasteiger partial charge in [-0.25, -0.2) is 4.79 Å². The highest BCUT2D eigenvalue weighted by atomic mass is 16.6. The molecule has 0 atom stereocenters. The van der Waals surface area contributed by atoms with Gasteiger partial charge in [0.1, 0.15) is 5.75 Å². The Bertz CT molecular complexity index is 1510. The fourth-order valence-corrected chi connectivity index (χ4v) is 5.66. The topological polar surface area (TPSA) is 87.4 Å². The average molecular weight is 459 g/mol. The molecule has 2 aromatic heterocycles. The summed E-state index contributed by atoms with van der Waals surface area (Å²) in [5.74, 6) is 0.182. The number of amides is 1. The molecule has 0 fully saturated rings. The lowest BCUT2D eigenvalue weighted by Crippen LogP contribution is -2.15. The van der Waals surface area contributed by atoms with E-state index in [2.05, 4.69) is 21.9 Å². The second-order valence-electron chi connectivity index (χ2n) is 8.79. The fraction of sp³-hybridized carbons (Fsp3) is 0.346. The minimum atomic E-state index is -0.393. The van der Waals surface area contributed by atoms with E-state index in [9.17, 15) is 9.59 Å². The molecule has 0 spiro atoms. The summed E-state index contributed by atoms with van der Waals surface area (Å²) in [5.41, 5.74) is 8.41. The van der Waals surface area contributed by atoms with Gasteiger partial charge >= 0.3 is 5.97 Å². The zero-order chi connectivity index (χ0) is 23.6. The molecular weight excluding hydrogens is 432 g/mol. The molecule has 8 heteroatoms. The maximum atomic E-state index is 13.1. The van der Waals surface area contributed by atoms with Crippen molar-refractivity contribution in [1.82, 2.24) is 19.7 Å². The minimum absolute atomic E-state index is 0.0306. The number of benzene rings is 2. The van der Waals surface area contributed by atoms with Crippen LogP contribution in [0.4, 0.5) is 0 Å². The molecule has 2 aromatic carbocycles. The van der Waals surface area contributed by atoms with Crippen molar-refractivity contribution in [3.63, 3.8) is 0 Å². The van der Waals surface area contributed by atoms with Crippen molar-refractivity contribution in [3.05, 3.63) is 46.8 Å². The highest BCUT2D eigenvalue weighted by Gasteiger charge is 2.35. The van der Waals surface area contributed by atoms with E-state index in [1.807, 2.05) is 36.1 Å². The van der Waals surface area contributed by atoms with E-state index in [1.54, 1.807) is 6.92 Å². The Morgan fingerprint density at radius 3 is 2.82 bits per heavy atom. The largest absolute Gasteiger partial charge is 0.482 e. The summed E-state index contributed by atoms with van der Waals surface area (Å²) in [7, 11) is 1.93. The van der Waals surface area contributed by atoms with E-state index >= 15 is 0 Å². The van der Waals surface area contributed by atoms with E-state index in [0.29, 0.717) is 18.9 Å². The molecule has 0 saturated heterocycles. The van der Waals surface area contributed by atoms with Gasteiger partial charge in [-0.2, -0.15) is 5.10 Å². The monoisotopic (exact) mass is 458 g/mol. The number of hydrogen-bond donors (Lipinski definition) is 1. The van der Waals surface area contributed by atoms with E-state index < -0.39 is 5.97 Å². The Labute approximate surface area is 196 Å². The molecule has 0 saturated carbocycles. The SMILES string of the molecule is CCOC(=O)COc1ccc2c(c1)c1c3c(c4c(c1n2CC)CCc1nn(C)cc1-4)C(=O)NC3. The molecule has 174 valence electrons. The molecule has 3 heterocycles. The van der Waals surface area contributed by atoms with E-state index in [1.165, 1.54) is 11.1 Å². The molecule has 1 N–H and O–H groups in total. The number of nitrogens with one attached hydrogen (secondary N) is 1.